The standard InChI is InChI=1S/C17H26FN3O2/c1-11-14(15(18)20(5)19-11)16(22)21(23-6)12(2)13-9-7-8-10-17(13,3)4/h8,10,12-13H,7,9H2,1-6H3. The van der Waals surface area contributed by atoms with Crippen LogP contribution in [-0.4, -0.2) is 33.9 Å². The van der Waals surface area contributed by atoms with E-state index in [0.29, 0.717) is 5.69 Å². The van der Waals surface area contributed by atoms with Crippen molar-refractivity contribution in [3.05, 3.63) is 29.4 Å². The first kappa shape index (κ1) is 17.7. The third-order valence-corrected chi connectivity index (χ3v) is 4.86. The molecule has 2 rings (SSSR count). The second kappa shape index (κ2) is 6.43. The molecule has 0 fully saturated rings. The molecular weight excluding hydrogens is 297 g/mol. The van der Waals surface area contributed by atoms with E-state index in [1.165, 1.54) is 19.2 Å². The third-order valence-electron chi connectivity index (χ3n) is 4.86. The number of halogens is 1. The molecule has 0 N–H and O–H groups in total. The molecule has 23 heavy (non-hydrogen) atoms. The van der Waals surface area contributed by atoms with Gasteiger partial charge < -0.3 is 0 Å². The summed E-state index contributed by atoms with van der Waals surface area (Å²) in [5, 5.41) is 5.27. The second-order valence-electron chi connectivity index (χ2n) is 6.84. The van der Waals surface area contributed by atoms with E-state index in [4.69, 9.17) is 4.84 Å². The Bertz CT molecular complexity index is 622. The van der Waals surface area contributed by atoms with Crippen LogP contribution in [-0.2, 0) is 11.9 Å². The zero-order valence-corrected chi connectivity index (χ0v) is 14.8. The summed E-state index contributed by atoms with van der Waals surface area (Å²) in [6.07, 6.45) is 6.30. The van der Waals surface area contributed by atoms with Crippen molar-refractivity contribution >= 4 is 5.91 Å². The molecule has 0 bridgehead atoms. The van der Waals surface area contributed by atoms with Crippen molar-refractivity contribution in [2.45, 2.75) is 46.6 Å². The van der Waals surface area contributed by atoms with Gasteiger partial charge in [-0.25, -0.2) is 9.75 Å². The van der Waals surface area contributed by atoms with Crippen molar-refractivity contribution in [3.8, 4) is 0 Å². The Kier molecular flexibility index (Phi) is 4.94. The van der Waals surface area contributed by atoms with Gasteiger partial charge in [0.15, 0.2) is 0 Å². The lowest BCUT2D eigenvalue weighted by atomic mass is 9.69. The highest BCUT2D eigenvalue weighted by Crippen LogP contribution is 2.40. The number of hydrogen-bond acceptors (Lipinski definition) is 3. The van der Waals surface area contributed by atoms with Gasteiger partial charge in [-0.1, -0.05) is 26.0 Å². The van der Waals surface area contributed by atoms with Crippen LogP contribution in [0.2, 0.25) is 0 Å². The lowest BCUT2D eigenvalue weighted by molar-refractivity contribution is -0.140. The van der Waals surface area contributed by atoms with Gasteiger partial charge in [-0.05, 0) is 38.0 Å². The third kappa shape index (κ3) is 3.17. The molecule has 1 aromatic rings. The maximum Gasteiger partial charge on any atom is 0.284 e. The molecule has 1 amide bonds. The number of allylic oxidation sites excluding steroid dienone is 2. The Balaban J connectivity index is 2.32. The zero-order valence-electron chi connectivity index (χ0n) is 14.8. The molecule has 6 heteroatoms. The molecule has 0 spiro atoms. The molecule has 0 aromatic carbocycles. The van der Waals surface area contributed by atoms with Crippen molar-refractivity contribution in [2.24, 2.45) is 18.4 Å². The van der Waals surface area contributed by atoms with Gasteiger partial charge in [0.05, 0.1) is 18.8 Å². The van der Waals surface area contributed by atoms with Gasteiger partial charge in [0.1, 0.15) is 5.56 Å². The fourth-order valence-corrected chi connectivity index (χ4v) is 3.60. The average Bonchev–Trinajstić information content (AvgIpc) is 2.72. The second-order valence-corrected chi connectivity index (χ2v) is 6.84. The Morgan fingerprint density at radius 3 is 2.70 bits per heavy atom. The molecule has 1 aliphatic rings. The predicted octanol–water partition coefficient (Wildman–Crippen LogP) is 3.25. The maximum absolute atomic E-state index is 14.2. The number of nitrogens with zero attached hydrogens (tertiary/aromatic N) is 3. The number of carbonyl (C=O) groups excluding carboxylic acids is 1. The van der Waals surface area contributed by atoms with Crippen LogP contribution in [0, 0.1) is 24.2 Å². The molecule has 0 radical (unpaired) electrons. The normalized spacial score (nSPS) is 21.3. The maximum atomic E-state index is 14.2. The van der Waals surface area contributed by atoms with Gasteiger partial charge in [-0.3, -0.25) is 9.63 Å². The molecule has 2 atom stereocenters. The summed E-state index contributed by atoms with van der Waals surface area (Å²) < 4.78 is 15.3. The van der Waals surface area contributed by atoms with Crippen LogP contribution in [0.3, 0.4) is 0 Å². The number of hydroxylamine groups is 2. The van der Waals surface area contributed by atoms with E-state index < -0.39 is 11.9 Å². The molecule has 0 aliphatic heterocycles. The number of amides is 1. The summed E-state index contributed by atoms with van der Waals surface area (Å²) in [5.41, 5.74) is 0.300. The van der Waals surface area contributed by atoms with Crippen LogP contribution in [0.25, 0.3) is 0 Å². The Morgan fingerprint density at radius 2 is 2.22 bits per heavy atom. The lowest BCUT2D eigenvalue weighted by Crippen LogP contribution is -2.47. The number of hydrogen-bond donors (Lipinski definition) is 0. The van der Waals surface area contributed by atoms with Crippen molar-refractivity contribution in [2.75, 3.05) is 7.11 Å². The van der Waals surface area contributed by atoms with Crippen LogP contribution in [0.5, 0.6) is 0 Å². The highest BCUT2D eigenvalue weighted by atomic mass is 19.1. The van der Waals surface area contributed by atoms with Crippen LogP contribution in [0.4, 0.5) is 4.39 Å². The van der Waals surface area contributed by atoms with E-state index in [9.17, 15) is 9.18 Å². The highest BCUT2D eigenvalue weighted by Gasteiger charge is 2.39. The van der Waals surface area contributed by atoms with Gasteiger partial charge in [0.2, 0.25) is 5.95 Å². The van der Waals surface area contributed by atoms with Crippen LogP contribution in [0.15, 0.2) is 12.2 Å². The molecule has 5 nitrogen and oxygen atoms in total. The molecule has 0 saturated carbocycles. The lowest BCUT2D eigenvalue weighted by Gasteiger charge is -2.42. The average molecular weight is 323 g/mol. The van der Waals surface area contributed by atoms with E-state index in [-0.39, 0.29) is 22.9 Å². The van der Waals surface area contributed by atoms with E-state index in [2.05, 4.69) is 31.1 Å². The first-order valence-electron chi connectivity index (χ1n) is 7.95. The minimum absolute atomic E-state index is 0.0228. The number of aryl methyl sites for hydroxylation is 2. The van der Waals surface area contributed by atoms with Gasteiger partial charge in [-0.15, -0.1) is 0 Å². The fourth-order valence-electron chi connectivity index (χ4n) is 3.60. The SMILES string of the molecule is CON(C(=O)c1c(C)nn(C)c1F)C(C)C1CCC=CC1(C)C. The summed E-state index contributed by atoms with van der Waals surface area (Å²) >= 11 is 0. The van der Waals surface area contributed by atoms with Crippen LogP contribution in [0.1, 0.15) is 49.7 Å². The molecule has 1 heterocycles. The summed E-state index contributed by atoms with van der Waals surface area (Å²) in [5.74, 6) is -0.880. The molecule has 1 aliphatic carbocycles. The predicted molar refractivity (Wildman–Crippen MR) is 86.2 cm³/mol. The zero-order chi connectivity index (χ0) is 17.4. The molecule has 1 aromatic heterocycles. The Morgan fingerprint density at radius 1 is 1.57 bits per heavy atom. The Labute approximate surface area is 137 Å². The topological polar surface area (TPSA) is 47.4 Å². The monoisotopic (exact) mass is 323 g/mol. The Hall–Kier alpha value is -1.69. The molecule has 128 valence electrons. The van der Waals surface area contributed by atoms with Gasteiger partial charge in [0.25, 0.3) is 5.91 Å². The van der Waals surface area contributed by atoms with Crippen molar-refractivity contribution in [3.63, 3.8) is 0 Å². The first-order valence-corrected chi connectivity index (χ1v) is 7.95. The fraction of sp³-hybridized carbons (Fsp3) is 0.647. The van der Waals surface area contributed by atoms with Gasteiger partial charge >= 0.3 is 0 Å². The number of carbonyl (C=O) groups is 1. The number of aromatic nitrogens is 2. The highest BCUT2D eigenvalue weighted by molar-refractivity contribution is 5.94. The summed E-state index contributed by atoms with van der Waals surface area (Å²) in [6, 6.07) is -0.175. The van der Waals surface area contributed by atoms with E-state index in [1.807, 2.05) is 6.92 Å². The minimum atomic E-state index is -0.635. The van der Waals surface area contributed by atoms with E-state index in [0.717, 1.165) is 17.5 Å². The van der Waals surface area contributed by atoms with Crippen molar-refractivity contribution in [1.29, 1.82) is 0 Å². The summed E-state index contributed by atoms with van der Waals surface area (Å²) in [7, 11) is 2.93. The number of rotatable bonds is 4. The van der Waals surface area contributed by atoms with Crippen molar-refractivity contribution in [1.82, 2.24) is 14.8 Å². The van der Waals surface area contributed by atoms with Crippen LogP contribution >= 0.6 is 0 Å². The first-order chi connectivity index (χ1) is 10.7. The summed E-state index contributed by atoms with van der Waals surface area (Å²) in [6.45, 7) is 7.88. The minimum Gasteiger partial charge on any atom is -0.274 e. The molecule has 2 unspecified atom stereocenters. The van der Waals surface area contributed by atoms with Crippen molar-refractivity contribution < 1.29 is 14.0 Å². The van der Waals surface area contributed by atoms with E-state index >= 15 is 0 Å². The van der Waals surface area contributed by atoms with Gasteiger partial charge in [0, 0.05) is 7.05 Å². The van der Waals surface area contributed by atoms with E-state index in [1.54, 1.807) is 6.92 Å². The summed E-state index contributed by atoms with van der Waals surface area (Å²) in [4.78, 5) is 18.2. The largest absolute Gasteiger partial charge is 0.284 e. The molecular formula is C17H26FN3O2. The smallest absolute Gasteiger partial charge is 0.274 e. The van der Waals surface area contributed by atoms with Crippen LogP contribution < -0.4 is 0 Å². The molecule has 0 saturated heterocycles. The van der Waals surface area contributed by atoms with Gasteiger partial charge in [-0.2, -0.15) is 9.49 Å². The quantitative estimate of drug-likeness (QED) is 0.631.